The van der Waals surface area contributed by atoms with Gasteiger partial charge in [-0.1, -0.05) is 12.1 Å². The minimum absolute atomic E-state index is 0.155. The van der Waals surface area contributed by atoms with E-state index in [-0.39, 0.29) is 12.1 Å². The number of hydrogen-bond acceptors (Lipinski definition) is 5. The largest absolute Gasteiger partial charge is 0.381 e. The van der Waals surface area contributed by atoms with Crippen molar-refractivity contribution in [3.63, 3.8) is 0 Å². The zero-order valence-electron chi connectivity index (χ0n) is 16.6. The van der Waals surface area contributed by atoms with Crippen molar-refractivity contribution in [3.8, 4) is 11.3 Å². The molecule has 3 heterocycles. The lowest BCUT2D eigenvalue weighted by atomic mass is 9.86. The normalized spacial score (nSPS) is 14.2. The molecule has 0 bridgehead atoms. The molecule has 0 unspecified atom stereocenters. The monoisotopic (exact) mass is 423 g/mol. The lowest BCUT2D eigenvalue weighted by Gasteiger charge is -2.35. The summed E-state index contributed by atoms with van der Waals surface area (Å²) < 4.78 is 30.8. The Morgan fingerprint density at radius 3 is 2.65 bits per heavy atom. The molecular formula is C22H19F2N5O2. The summed E-state index contributed by atoms with van der Waals surface area (Å²) in [6.07, 6.45) is 5.79. The molecule has 2 atom stereocenters. The first-order valence-corrected chi connectivity index (χ1v) is 9.52. The fourth-order valence-electron chi connectivity index (χ4n) is 3.58. The second kappa shape index (κ2) is 8.19. The number of nitrogens with zero attached hydrogens (tertiary/aromatic N) is 5. The van der Waals surface area contributed by atoms with Crippen LogP contribution in [0.1, 0.15) is 18.5 Å². The first kappa shape index (κ1) is 20.5. The van der Waals surface area contributed by atoms with Crippen molar-refractivity contribution < 1.29 is 13.9 Å². The van der Waals surface area contributed by atoms with Gasteiger partial charge in [0.25, 0.3) is 5.56 Å². The fraction of sp³-hybridized carbons (Fsp3) is 0.182. The van der Waals surface area contributed by atoms with Crippen LogP contribution in [0.15, 0.2) is 78.4 Å². The third kappa shape index (κ3) is 3.99. The first-order chi connectivity index (χ1) is 14.9. The zero-order chi connectivity index (χ0) is 22.0. The quantitative estimate of drug-likeness (QED) is 0.515. The summed E-state index contributed by atoms with van der Waals surface area (Å²) in [6, 6.07) is 10.4. The first-order valence-electron chi connectivity index (χ1n) is 9.52. The molecule has 7 nitrogen and oxygen atoms in total. The van der Waals surface area contributed by atoms with E-state index in [1.54, 1.807) is 31.3 Å². The highest BCUT2D eigenvalue weighted by Crippen LogP contribution is 2.36. The van der Waals surface area contributed by atoms with Gasteiger partial charge in [-0.2, -0.15) is 5.10 Å². The van der Waals surface area contributed by atoms with Gasteiger partial charge in [-0.15, -0.1) is 0 Å². The summed E-state index contributed by atoms with van der Waals surface area (Å²) in [4.78, 5) is 21.0. The van der Waals surface area contributed by atoms with Crippen LogP contribution in [0.2, 0.25) is 0 Å². The van der Waals surface area contributed by atoms with Crippen LogP contribution in [-0.4, -0.2) is 29.4 Å². The van der Waals surface area contributed by atoms with E-state index in [1.807, 2.05) is 6.07 Å². The maximum atomic E-state index is 14.7. The van der Waals surface area contributed by atoms with E-state index in [2.05, 4.69) is 15.1 Å². The van der Waals surface area contributed by atoms with Crippen molar-refractivity contribution in [2.24, 2.45) is 0 Å². The highest BCUT2D eigenvalue weighted by atomic mass is 19.1. The molecule has 4 rings (SSSR count). The molecule has 0 aliphatic rings. The highest BCUT2D eigenvalue weighted by Gasteiger charge is 2.40. The number of pyridine rings is 2. The summed E-state index contributed by atoms with van der Waals surface area (Å²) in [5, 5.41) is 15.6. The molecule has 0 aliphatic carbocycles. The molecule has 0 saturated heterocycles. The van der Waals surface area contributed by atoms with Crippen LogP contribution in [0.25, 0.3) is 11.3 Å². The molecular weight excluding hydrogens is 404 g/mol. The minimum atomic E-state index is -1.93. The molecule has 0 radical (unpaired) electrons. The molecule has 0 aliphatic heterocycles. The Labute approximate surface area is 176 Å². The van der Waals surface area contributed by atoms with Crippen LogP contribution in [0, 0.1) is 11.6 Å². The van der Waals surface area contributed by atoms with Crippen LogP contribution in [0.5, 0.6) is 0 Å². The van der Waals surface area contributed by atoms with Crippen LogP contribution in [0.3, 0.4) is 0 Å². The van der Waals surface area contributed by atoms with E-state index in [0.29, 0.717) is 17.3 Å². The Kier molecular flexibility index (Phi) is 5.43. The third-order valence-corrected chi connectivity index (χ3v) is 5.28. The Balaban J connectivity index is 1.79. The molecule has 158 valence electrons. The van der Waals surface area contributed by atoms with Crippen molar-refractivity contribution >= 4 is 0 Å². The SMILES string of the molecule is C[C@@H](n1ccc(-c2ccccn2)cc1=O)[C@](O)(Cn1cncn1)c1ccc(F)cc1F. The van der Waals surface area contributed by atoms with E-state index in [9.17, 15) is 18.7 Å². The van der Waals surface area contributed by atoms with E-state index in [4.69, 9.17) is 0 Å². The van der Waals surface area contributed by atoms with E-state index in [1.165, 1.54) is 40.2 Å². The highest BCUT2D eigenvalue weighted by molar-refractivity contribution is 5.57. The zero-order valence-corrected chi connectivity index (χ0v) is 16.6. The third-order valence-electron chi connectivity index (χ3n) is 5.28. The molecule has 0 amide bonds. The molecule has 3 aromatic heterocycles. The summed E-state index contributed by atoms with van der Waals surface area (Å²) in [5.74, 6) is -1.69. The Bertz CT molecular complexity index is 1240. The molecule has 0 spiro atoms. The topological polar surface area (TPSA) is 85.8 Å². The van der Waals surface area contributed by atoms with Gasteiger partial charge in [-0.3, -0.25) is 9.78 Å². The van der Waals surface area contributed by atoms with Crippen molar-refractivity contribution in [1.29, 1.82) is 0 Å². The van der Waals surface area contributed by atoms with Crippen molar-refractivity contribution in [2.45, 2.75) is 25.1 Å². The maximum Gasteiger partial charge on any atom is 0.251 e. The smallest absolute Gasteiger partial charge is 0.251 e. The van der Waals surface area contributed by atoms with Gasteiger partial charge in [0.05, 0.1) is 18.3 Å². The molecule has 31 heavy (non-hydrogen) atoms. The molecule has 4 aromatic rings. The molecule has 1 N–H and O–H groups in total. The lowest BCUT2D eigenvalue weighted by molar-refractivity contribution is -0.0341. The number of halogens is 2. The van der Waals surface area contributed by atoms with Crippen LogP contribution in [0.4, 0.5) is 8.78 Å². The van der Waals surface area contributed by atoms with E-state index in [0.717, 1.165) is 6.07 Å². The van der Waals surface area contributed by atoms with Crippen molar-refractivity contribution in [1.82, 2.24) is 24.3 Å². The number of rotatable bonds is 6. The van der Waals surface area contributed by atoms with Gasteiger partial charge in [0.1, 0.15) is 29.9 Å². The second-order valence-corrected chi connectivity index (χ2v) is 7.19. The number of benzene rings is 1. The molecule has 0 fully saturated rings. The fourth-order valence-corrected chi connectivity index (χ4v) is 3.58. The van der Waals surface area contributed by atoms with Gasteiger partial charge in [-0.25, -0.2) is 18.4 Å². The van der Waals surface area contributed by atoms with Crippen molar-refractivity contribution in [3.05, 3.63) is 101 Å². The van der Waals surface area contributed by atoms with E-state index < -0.39 is 28.8 Å². The van der Waals surface area contributed by atoms with Crippen LogP contribution < -0.4 is 5.56 Å². The summed E-state index contributed by atoms with van der Waals surface area (Å²) in [6.45, 7) is 1.38. The van der Waals surface area contributed by atoms with E-state index >= 15 is 0 Å². The molecule has 9 heteroatoms. The number of aromatic nitrogens is 5. The predicted molar refractivity (Wildman–Crippen MR) is 109 cm³/mol. The lowest BCUT2D eigenvalue weighted by Crippen LogP contribution is -2.43. The summed E-state index contributed by atoms with van der Waals surface area (Å²) >= 11 is 0. The Morgan fingerprint density at radius 1 is 1.16 bits per heavy atom. The standard InChI is InChI=1S/C22H19F2N5O2/c1-15(29-9-7-16(10-21(29)30)20-4-2-3-8-26-20)22(31,12-28-14-25-13-27-28)18-6-5-17(23)11-19(18)24/h2-11,13-15,31H,12H2,1H3/t15-,22-/m1/s1. The minimum Gasteiger partial charge on any atom is -0.381 e. The van der Waals surface area contributed by atoms with Crippen LogP contribution >= 0.6 is 0 Å². The Hall–Kier alpha value is -3.72. The average Bonchev–Trinajstić information content (AvgIpc) is 3.26. The summed E-state index contributed by atoms with van der Waals surface area (Å²) in [7, 11) is 0. The van der Waals surface area contributed by atoms with Gasteiger partial charge in [0, 0.05) is 35.7 Å². The van der Waals surface area contributed by atoms with Crippen molar-refractivity contribution in [2.75, 3.05) is 0 Å². The van der Waals surface area contributed by atoms with Gasteiger partial charge in [-0.05, 0) is 31.2 Å². The van der Waals surface area contributed by atoms with Gasteiger partial charge in [0.15, 0.2) is 0 Å². The summed E-state index contributed by atoms with van der Waals surface area (Å²) in [5.41, 5.74) is -1.25. The molecule has 0 saturated carbocycles. The van der Waals surface area contributed by atoms with Gasteiger partial charge in [0.2, 0.25) is 0 Å². The number of aliphatic hydroxyl groups is 1. The van der Waals surface area contributed by atoms with Gasteiger partial charge < -0.3 is 9.67 Å². The number of hydrogen-bond donors (Lipinski definition) is 1. The molecule has 1 aromatic carbocycles. The van der Waals surface area contributed by atoms with Gasteiger partial charge >= 0.3 is 0 Å². The van der Waals surface area contributed by atoms with Crippen LogP contribution in [-0.2, 0) is 12.1 Å². The Morgan fingerprint density at radius 2 is 2.00 bits per heavy atom. The second-order valence-electron chi connectivity index (χ2n) is 7.19. The average molecular weight is 423 g/mol. The predicted octanol–water partition coefficient (Wildman–Crippen LogP) is 2.93. The maximum absolute atomic E-state index is 14.7.